The van der Waals surface area contributed by atoms with Crippen molar-refractivity contribution in [2.45, 2.75) is 38.3 Å². The van der Waals surface area contributed by atoms with Crippen molar-refractivity contribution in [1.82, 2.24) is 10.2 Å². The third-order valence-electron chi connectivity index (χ3n) is 2.90. The van der Waals surface area contributed by atoms with Crippen LogP contribution in [0.5, 0.6) is 0 Å². The lowest BCUT2D eigenvalue weighted by molar-refractivity contribution is -0.121. The number of piperidine rings is 1. The van der Waals surface area contributed by atoms with Gasteiger partial charge in [-0.05, 0) is 26.8 Å². The van der Waals surface area contributed by atoms with E-state index in [0.717, 1.165) is 24.7 Å². The van der Waals surface area contributed by atoms with Crippen LogP contribution in [0.3, 0.4) is 0 Å². The summed E-state index contributed by atoms with van der Waals surface area (Å²) in [4.78, 5) is 13.7. The summed E-state index contributed by atoms with van der Waals surface area (Å²) in [7, 11) is 2.14. The molecule has 1 fully saturated rings. The first kappa shape index (κ1) is 12.0. The second-order valence-corrected chi connectivity index (χ2v) is 4.85. The Morgan fingerprint density at radius 3 is 2.93 bits per heavy atom. The molecule has 0 saturated carbocycles. The molecule has 1 amide bonds. The Labute approximate surface area is 94.4 Å². The van der Waals surface area contributed by atoms with E-state index in [-0.39, 0.29) is 5.91 Å². The Hall–Kier alpha value is -0.0900. The maximum absolute atomic E-state index is 11.3. The van der Waals surface area contributed by atoms with E-state index in [1.165, 1.54) is 0 Å². The summed E-state index contributed by atoms with van der Waals surface area (Å²) in [6.45, 7) is 3.29. The summed E-state index contributed by atoms with van der Waals surface area (Å²) in [6.07, 6.45) is 2.74. The third-order valence-corrected chi connectivity index (χ3v) is 3.29. The van der Waals surface area contributed by atoms with Gasteiger partial charge in [-0.3, -0.25) is 4.79 Å². The number of carbonyl (C=O) groups is 1. The molecule has 1 saturated heterocycles. The molecule has 1 aliphatic heterocycles. The quantitative estimate of drug-likeness (QED) is 0.780. The van der Waals surface area contributed by atoms with Gasteiger partial charge in [0.25, 0.3) is 0 Å². The standard InChI is InChI=1S/C10H19BrN2O/c1-8-7-9(4-6-13(8)2)12-10(14)3-5-11/h8-9H,3-7H2,1-2H3,(H,12,14). The molecule has 0 radical (unpaired) electrons. The molecule has 0 aromatic rings. The first-order valence-corrected chi connectivity index (χ1v) is 6.31. The molecule has 1 rings (SSSR count). The van der Waals surface area contributed by atoms with Gasteiger partial charge in [-0.15, -0.1) is 0 Å². The Bertz CT molecular complexity index is 199. The van der Waals surface area contributed by atoms with Gasteiger partial charge in [-0.1, -0.05) is 15.9 Å². The van der Waals surface area contributed by atoms with E-state index in [2.05, 4.69) is 40.1 Å². The summed E-state index contributed by atoms with van der Waals surface area (Å²) in [5.41, 5.74) is 0. The van der Waals surface area contributed by atoms with Gasteiger partial charge in [0.2, 0.25) is 5.91 Å². The van der Waals surface area contributed by atoms with Crippen LogP contribution in [0.1, 0.15) is 26.2 Å². The van der Waals surface area contributed by atoms with Crippen molar-refractivity contribution in [3.63, 3.8) is 0 Å². The van der Waals surface area contributed by atoms with Crippen molar-refractivity contribution < 1.29 is 4.79 Å². The van der Waals surface area contributed by atoms with Gasteiger partial charge in [0.15, 0.2) is 0 Å². The number of rotatable bonds is 3. The second-order valence-electron chi connectivity index (χ2n) is 4.06. The Kier molecular flexibility index (Phi) is 4.89. The van der Waals surface area contributed by atoms with Crippen LogP contribution in [0.15, 0.2) is 0 Å². The number of alkyl halides is 1. The van der Waals surface area contributed by atoms with E-state index < -0.39 is 0 Å². The SMILES string of the molecule is CC1CC(NC(=O)CCBr)CCN1C. The van der Waals surface area contributed by atoms with Crippen LogP contribution in [0.4, 0.5) is 0 Å². The average molecular weight is 263 g/mol. The fourth-order valence-electron chi connectivity index (χ4n) is 1.81. The molecule has 2 unspecified atom stereocenters. The zero-order valence-electron chi connectivity index (χ0n) is 8.92. The molecule has 2 atom stereocenters. The normalized spacial score (nSPS) is 28.8. The molecule has 4 heteroatoms. The molecule has 1 aliphatic rings. The Morgan fingerprint density at radius 1 is 1.64 bits per heavy atom. The molecular weight excluding hydrogens is 244 g/mol. The minimum absolute atomic E-state index is 0.170. The van der Waals surface area contributed by atoms with Crippen LogP contribution in [-0.2, 0) is 4.79 Å². The molecular formula is C10H19BrN2O. The van der Waals surface area contributed by atoms with E-state index in [9.17, 15) is 4.79 Å². The summed E-state index contributed by atoms with van der Waals surface area (Å²) in [5, 5.41) is 3.83. The number of nitrogens with one attached hydrogen (secondary N) is 1. The molecule has 0 spiro atoms. The van der Waals surface area contributed by atoms with Crippen LogP contribution in [0.25, 0.3) is 0 Å². The van der Waals surface area contributed by atoms with Gasteiger partial charge in [0.05, 0.1) is 0 Å². The lowest BCUT2D eigenvalue weighted by Gasteiger charge is -2.35. The van der Waals surface area contributed by atoms with Crippen LogP contribution in [-0.4, -0.2) is 41.8 Å². The largest absolute Gasteiger partial charge is 0.353 e. The van der Waals surface area contributed by atoms with E-state index in [0.29, 0.717) is 18.5 Å². The van der Waals surface area contributed by atoms with E-state index in [1.54, 1.807) is 0 Å². The second kappa shape index (κ2) is 5.71. The highest BCUT2D eigenvalue weighted by molar-refractivity contribution is 9.09. The molecule has 1 N–H and O–H groups in total. The summed E-state index contributed by atoms with van der Waals surface area (Å²) >= 11 is 3.27. The van der Waals surface area contributed by atoms with Gasteiger partial charge < -0.3 is 10.2 Å². The van der Waals surface area contributed by atoms with Crippen LogP contribution in [0.2, 0.25) is 0 Å². The molecule has 14 heavy (non-hydrogen) atoms. The van der Waals surface area contributed by atoms with Gasteiger partial charge in [0, 0.05) is 30.4 Å². The molecule has 3 nitrogen and oxygen atoms in total. The number of hydrogen-bond acceptors (Lipinski definition) is 2. The first-order valence-electron chi connectivity index (χ1n) is 5.19. The topological polar surface area (TPSA) is 32.3 Å². The highest BCUT2D eigenvalue weighted by Crippen LogP contribution is 2.15. The summed E-state index contributed by atoms with van der Waals surface area (Å²) in [5.74, 6) is 0.170. The van der Waals surface area contributed by atoms with Crippen molar-refractivity contribution in [3.8, 4) is 0 Å². The number of nitrogens with zero attached hydrogens (tertiary/aromatic N) is 1. The molecule has 0 bridgehead atoms. The van der Waals surface area contributed by atoms with E-state index in [1.807, 2.05) is 0 Å². The fourth-order valence-corrected chi connectivity index (χ4v) is 2.17. The zero-order chi connectivity index (χ0) is 10.6. The minimum Gasteiger partial charge on any atom is -0.353 e. The smallest absolute Gasteiger partial charge is 0.221 e. The fraction of sp³-hybridized carbons (Fsp3) is 0.900. The van der Waals surface area contributed by atoms with Crippen LogP contribution >= 0.6 is 15.9 Å². The van der Waals surface area contributed by atoms with Crippen molar-refractivity contribution in [1.29, 1.82) is 0 Å². The number of likely N-dealkylation sites (tertiary alicyclic amines) is 1. The molecule has 0 aromatic carbocycles. The summed E-state index contributed by atoms with van der Waals surface area (Å²) < 4.78 is 0. The molecule has 1 heterocycles. The average Bonchev–Trinajstić information content (AvgIpc) is 2.12. The number of halogens is 1. The van der Waals surface area contributed by atoms with Crippen LogP contribution in [0, 0.1) is 0 Å². The van der Waals surface area contributed by atoms with E-state index >= 15 is 0 Å². The molecule has 82 valence electrons. The van der Waals surface area contributed by atoms with Gasteiger partial charge in [-0.2, -0.15) is 0 Å². The predicted molar refractivity (Wildman–Crippen MR) is 61.7 cm³/mol. The van der Waals surface area contributed by atoms with E-state index in [4.69, 9.17) is 0 Å². The maximum Gasteiger partial charge on any atom is 0.221 e. The lowest BCUT2D eigenvalue weighted by Crippen LogP contribution is -2.47. The molecule has 0 aromatic heterocycles. The van der Waals surface area contributed by atoms with Gasteiger partial charge in [-0.25, -0.2) is 0 Å². The highest BCUT2D eigenvalue weighted by Gasteiger charge is 2.23. The molecule has 0 aliphatic carbocycles. The third kappa shape index (κ3) is 3.58. The van der Waals surface area contributed by atoms with Crippen molar-refractivity contribution in [2.24, 2.45) is 0 Å². The summed E-state index contributed by atoms with van der Waals surface area (Å²) in [6, 6.07) is 0.964. The lowest BCUT2D eigenvalue weighted by atomic mass is 9.99. The minimum atomic E-state index is 0.170. The number of hydrogen-bond donors (Lipinski definition) is 1. The Morgan fingerprint density at radius 2 is 2.36 bits per heavy atom. The highest BCUT2D eigenvalue weighted by atomic mass is 79.9. The van der Waals surface area contributed by atoms with Crippen LogP contribution < -0.4 is 5.32 Å². The predicted octanol–water partition coefficient (Wildman–Crippen LogP) is 1.37. The number of amides is 1. The Balaban J connectivity index is 2.29. The van der Waals surface area contributed by atoms with Crippen molar-refractivity contribution in [2.75, 3.05) is 18.9 Å². The van der Waals surface area contributed by atoms with Crippen molar-refractivity contribution in [3.05, 3.63) is 0 Å². The van der Waals surface area contributed by atoms with Gasteiger partial charge >= 0.3 is 0 Å². The maximum atomic E-state index is 11.3. The van der Waals surface area contributed by atoms with Gasteiger partial charge in [0.1, 0.15) is 0 Å². The van der Waals surface area contributed by atoms with Crippen molar-refractivity contribution >= 4 is 21.8 Å². The zero-order valence-corrected chi connectivity index (χ0v) is 10.5. The number of carbonyl (C=O) groups excluding carboxylic acids is 1. The first-order chi connectivity index (χ1) is 6.63. The monoisotopic (exact) mass is 262 g/mol.